The molecule has 0 bridgehead atoms. The zero-order valence-electron chi connectivity index (χ0n) is 14.4. The molecule has 6 nitrogen and oxygen atoms in total. The van der Waals surface area contributed by atoms with Crippen molar-refractivity contribution in [2.45, 2.75) is 45.7 Å². The molecule has 0 aliphatic carbocycles. The van der Waals surface area contributed by atoms with Gasteiger partial charge in [-0.15, -0.1) is 0 Å². The van der Waals surface area contributed by atoms with Crippen molar-refractivity contribution < 1.29 is 14.4 Å². The predicted molar refractivity (Wildman–Crippen MR) is 91.4 cm³/mol. The summed E-state index contributed by atoms with van der Waals surface area (Å²) < 4.78 is 0. The predicted octanol–water partition coefficient (Wildman–Crippen LogP) is 1.14. The van der Waals surface area contributed by atoms with Gasteiger partial charge in [-0.25, -0.2) is 0 Å². The van der Waals surface area contributed by atoms with Gasteiger partial charge in [0, 0.05) is 12.1 Å². The standard InChI is InChI=1S/C18H25N3O3/c1-11(2)15(18(24)20-14-9-6-10-19-17(14)23)21-16(22)13-8-5-4-7-12(13)3/h4-5,7-8,11,14-15H,6,9-10H2,1-3H3,(H,19,23)(H,20,24)(H,21,22)/t14-,15-/m0/s1. The van der Waals surface area contributed by atoms with Crippen molar-refractivity contribution in [1.82, 2.24) is 16.0 Å². The average molecular weight is 331 g/mol. The fourth-order valence-corrected chi connectivity index (χ4v) is 2.75. The summed E-state index contributed by atoms with van der Waals surface area (Å²) in [5.74, 6) is -0.865. The summed E-state index contributed by atoms with van der Waals surface area (Å²) in [7, 11) is 0. The van der Waals surface area contributed by atoms with Gasteiger partial charge in [-0.3, -0.25) is 14.4 Å². The van der Waals surface area contributed by atoms with Gasteiger partial charge in [0.15, 0.2) is 0 Å². The molecule has 0 spiro atoms. The Morgan fingerprint density at radius 3 is 2.58 bits per heavy atom. The van der Waals surface area contributed by atoms with Crippen molar-refractivity contribution in [3.05, 3.63) is 35.4 Å². The Balaban J connectivity index is 2.06. The van der Waals surface area contributed by atoms with Gasteiger partial charge in [-0.2, -0.15) is 0 Å². The first-order valence-corrected chi connectivity index (χ1v) is 8.34. The molecule has 0 aromatic heterocycles. The lowest BCUT2D eigenvalue weighted by atomic mass is 10.00. The van der Waals surface area contributed by atoms with Crippen molar-refractivity contribution in [2.24, 2.45) is 5.92 Å². The van der Waals surface area contributed by atoms with E-state index in [4.69, 9.17) is 0 Å². The van der Waals surface area contributed by atoms with Gasteiger partial charge < -0.3 is 16.0 Å². The molecule has 3 amide bonds. The van der Waals surface area contributed by atoms with Crippen LogP contribution in [-0.2, 0) is 9.59 Å². The molecule has 1 aliphatic rings. The molecular formula is C18H25N3O3. The second kappa shape index (κ2) is 7.95. The summed E-state index contributed by atoms with van der Waals surface area (Å²) in [5, 5.41) is 8.29. The van der Waals surface area contributed by atoms with Gasteiger partial charge in [-0.05, 0) is 37.3 Å². The van der Waals surface area contributed by atoms with Crippen molar-refractivity contribution in [3.8, 4) is 0 Å². The van der Waals surface area contributed by atoms with Crippen LogP contribution in [-0.4, -0.2) is 36.3 Å². The monoisotopic (exact) mass is 331 g/mol. The Hall–Kier alpha value is -2.37. The maximum absolute atomic E-state index is 12.5. The molecule has 1 aliphatic heterocycles. The molecule has 24 heavy (non-hydrogen) atoms. The fraction of sp³-hybridized carbons (Fsp3) is 0.500. The van der Waals surface area contributed by atoms with Gasteiger partial charge in [0.25, 0.3) is 5.91 Å². The van der Waals surface area contributed by atoms with Crippen molar-refractivity contribution in [1.29, 1.82) is 0 Å². The smallest absolute Gasteiger partial charge is 0.252 e. The van der Waals surface area contributed by atoms with Crippen LogP contribution in [0, 0.1) is 12.8 Å². The lowest BCUT2D eigenvalue weighted by molar-refractivity contribution is -0.131. The number of hydrogen-bond acceptors (Lipinski definition) is 3. The highest BCUT2D eigenvalue weighted by Crippen LogP contribution is 2.10. The lowest BCUT2D eigenvalue weighted by Crippen LogP contribution is -2.56. The number of hydrogen-bond donors (Lipinski definition) is 3. The molecule has 1 fully saturated rings. The van der Waals surface area contributed by atoms with Gasteiger partial charge in [0.05, 0.1) is 0 Å². The largest absolute Gasteiger partial charge is 0.354 e. The first-order valence-electron chi connectivity index (χ1n) is 8.34. The Morgan fingerprint density at radius 1 is 1.25 bits per heavy atom. The molecule has 3 N–H and O–H groups in total. The van der Waals surface area contributed by atoms with Crippen LogP contribution in [0.5, 0.6) is 0 Å². The third kappa shape index (κ3) is 4.34. The third-order valence-electron chi connectivity index (χ3n) is 4.23. The summed E-state index contributed by atoms with van der Waals surface area (Å²) in [5.41, 5.74) is 1.40. The quantitative estimate of drug-likeness (QED) is 0.756. The number of amides is 3. The maximum Gasteiger partial charge on any atom is 0.252 e. The van der Waals surface area contributed by atoms with E-state index < -0.39 is 12.1 Å². The number of carbonyl (C=O) groups excluding carboxylic acids is 3. The highest BCUT2D eigenvalue weighted by Gasteiger charge is 2.30. The van der Waals surface area contributed by atoms with Gasteiger partial charge >= 0.3 is 0 Å². The SMILES string of the molecule is Cc1ccccc1C(=O)N[C@H](C(=O)N[C@H]1CCCNC1=O)C(C)C. The number of rotatable bonds is 5. The molecule has 0 radical (unpaired) electrons. The minimum absolute atomic E-state index is 0.0929. The van der Waals surface area contributed by atoms with E-state index in [2.05, 4.69) is 16.0 Å². The van der Waals surface area contributed by atoms with Crippen LogP contribution < -0.4 is 16.0 Å². The minimum atomic E-state index is -0.688. The molecule has 0 unspecified atom stereocenters. The van der Waals surface area contributed by atoms with Gasteiger partial charge in [-0.1, -0.05) is 32.0 Å². The first-order chi connectivity index (χ1) is 11.4. The van der Waals surface area contributed by atoms with Crippen LogP contribution >= 0.6 is 0 Å². The molecule has 6 heteroatoms. The van der Waals surface area contributed by atoms with Crippen molar-refractivity contribution in [3.63, 3.8) is 0 Å². The van der Waals surface area contributed by atoms with E-state index in [1.807, 2.05) is 32.9 Å². The van der Waals surface area contributed by atoms with E-state index >= 15 is 0 Å². The summed E-state index contributed by atoms with van der Waals surface area (Å²) in [4.78, 5) is 36.8. The van der Waals surface area contributed by atoms with Gasteiger partial charge in [0.2, 0.25) is 11.8 Å². The zero-order chi connectivity index (χ0) is 17.7. The van der Waals surface area contributed by atoms with Crippen molar-refractivity contribution in [2.75, 3.05) is 6.54 Å². The topological polar surface area (TPSA) is 87.3 Å². The van der Waals surface area contributed by atoms with E-state index in [0.717, 1.165) is 12.0 Å². The summed E-state index contributed by atoms with van der Waals surface area (Å²) in [6.07, 6.45) is 1.45. The van der Waals surface area contributed by atoms with Crippen LogP contribution in [0.1, 0.15) is 42.6 Å². The summed E-state index contributed by atoms with van der Waals surface area (Å²) >= 11 is 0. The minimum Gasteiger partial charge on any atom is -0.354 e. The lowest BCUT2D eigenvalue weighted by Gasteiger charge is -2.27. The van der Waals surface area contributed by atoms with Crippen LogP contribution in [0.3, 0.4) is 0 Å². The summed E-state index contributed by atoms with van der Waals surface area (Å²) in [6, 6.07) is 6.02. The van der Waals surface area contributed by atoms with Crippen LogP contribution in [0.4, 0.5) is 0 Å². The van der Waals surface area contributed by atoms with Crippen LogP contribution in [0.25, 0.3) is 0 Å². The van der Waals surface area contributed by atoms with E-state index in [9.17, 15) is 14.4 Å². The van der Waals surface area contributed by atoms with Crippen molar-refractivity contribution >= 4 is 17.7 Å². The Morgan fingerprint density at radius 2 is 1.96 bits per heavy atom. The highest BCUT2D eigenvalue weighted by atomic mass is 16.2. The number of aryl methyl sites for hydroxylation is 1. The molecule has 130 valence electrons. The molecule has 1 heterocycles. The van der Waals surface area contributed by atoms with Crippen LogP contribution in [0.15, 0.2) is 24.3 Å². The second-order valence-electron chi connectivity index (χ2n) is 6.50. The number of nitrogens with one attached hydrogen (secondary N) is 3. The first kappa shape index (κ1) is 18.0. The zero-order valence-corrected chi connectivity index (χ0v) is 14.4. The number of benzene rings is 1. The number of carbonyl (C=O) groups is 3. The molecule has 0 saturated carbocycles. The molecule has 1 aromatic rings. The second-order valence-corrected chi connectivity index (χ2v) is 6.50. The van der Waals surface area contributed by atoms with Crippen LogP contribution in [0.2, 0.25) is 0 Å². The Kier molecular flexibility index (Phi) is 5.95. The Labute approximate surface area is 142 Å². The Bertz CT molecular complexity index is 628. The van der Waals surface area contributed by atoms with Gasteiger partial charge in [0.1, 0.15) is 12.1 Å². The maximum atomic E-state index is 12.5. The highest BCUT2D eigenvalue weighted by molar-refractivity contribution is 5.99. The van der Waals surface area contributed by atoms with E-state index in [-0.39, 0.29) is 23.6 Å². The van der Waals surface area contributed by atoms with E-state index in [1.165, 1.54) is 0 Å². The summed E-state index contributed by atoms with van der Waals surface area (Å²) in [6.45, 7) is 6.22. The van der Waals surface area contributed by atoms with E-state index in [1.54, 1.807) is 12.1 Å². The van der Waals surface area contributed by atoms with E-state index in [0.29, 0.717) is 18.5 Å². The average Bonchev–Trinajstić information content (AvgIpc) is 2.54. The third-order valence-corrected chi connectivity index (χ3v) is 4.23. The normalized spacial score (nSPS) is 18.7. The molecule has 1 aromatic carbocycles. The molecule has 2 rings (SSSR count). The molecule has 1 saturated heterocycles. The number of piperidine rings is 1. The molecule has 2 atom stereocenters. The molecular weight excluding hydrogens is 306 g/mol. The fourth-order valence-electron chi connectivity index (χ4n) is 2.75.